The Bertz CT molecular complexity index is 974. The van der Waals surface area contributed by atoms with E-state index in [-0.39, 0.29) is 17.4 Å². The summed E-state index contributed by atoms with van der Waals surface area (Å²) in [5.74, 6) is -0.102. The normalized spacial score (nSPS) is 10.8. The van der Waals surface area contributed by atoms with Crippen LogP contribution in [-0.2, 0) is 6.54 Å². The molecule has 3 aromatic rings. The van der Waals surface area contributed by atoms with Gasteiger partial charge in [-0.2, -0.15) is 0 Å². The third-order valence-corrected chi connectivity index (χ3v) is 4.44. The minimum Gasteiger partial charge on any atom is -0.382 e. The van der Waals surface area contributed by atoms with Crippen molar-refractivity contribution in [2.75, 3.05) is 11.1 Å². The molecule has 0 aliphatic rings. The number of carbonyl (C=O) groups excluding carboxylic acids is 1. The van der Waals surface area contributed by atoms with Crippen LogP contribution in [0.1, 0.15) is 38.3 Å². The standard InChI is InChI=1S/C20H23N5O/c1-12-6-8-17(15(4)9-12)22-20(26)18-19(21)25(24-23-18)11-16-10-13(2)5-7-14(16)3/h5-10H,11,21H2,1-4H3,(H,22,26). The van der Waals surface area contributed by atoms with Crippen molar-refractivity contribution in [3.8, 4) is 0 Å². The SMILES string of the molecule is Cc1ccc(NC(=O)c2nnn(Cc3cc(C)ccc3C)c2N)c(C)c1. The average molecular weight is 349 g/mol. The quantitative estimate of drug-likeness (QED) is 0.756. The number of hydrogen-bond donors (Lipinski definition) is 2. The van der Waals surface area contributed by atoms with E-state index in [1.165, 1.54) is 0 Å². The third-order valence-electron chi connectivity index (χ3n) is 4.44. The lowest BCUT2D eigenvalue weighted by molar-refractivity contribution is 0.102. The summed E-state index contributed by atoms with van der Waals surface area (Å²) in [7, 11) is 0. The van der Waals surface area contributed by atoms with E-state index in [1.807, 2.05) is 45.9 Å². The van der Waals surface area contributed by atoms with Crippen molar-refractivity contribution in [1.29, 1.82) is 0 Å². The molecule has 0 spiro atoms. The van der Waals surface area contributed by atoms with Gasteiger partial charge in [-0.05, 0) is 50.5 Å². The first-order valence-corrected chi connectivity index (χ1v) is 8.49. The van der Waals surface area contributed by atoms with Gasteiger partial charge in [0, 0.05) is 5.69 Å². The number of anilines is 2. The van der Waals surface area contributed by atoms with Crippen molar-refractivity contribution in [1.82, 2.24) is 15.0 Å². The second-order valence-corrected chi connectivity index (χ2v) is 6.68. The lowest BCUT2D eigenvalue weighted by Gasteiger charge is -2.09. The molecule has 3 N–H and O–H groups in total. The Kier molecular flexibility index (Phi) is 4.75. The van der Waals surface area contributed by atoms with Gasteiger partial charge in [0.25, 0.3) is 5.91 Å². The van der Waals surface area contributed by atoms with Gasteiger partial charge in [0.1, 0.15) is 0 Å². The number of rotatable bonds is 4. The van der Waals surface area contributed by atoms with E-state index in [2.05, 4.69) is 33.8 Å². The number of aromatic nitrogens is 3. The first-order valence-electron chi connectivity index (χ1n) is 8.49. The van der Waals surface area contributed by atoms with Crippen molar-refractivity contribution in [3.63, 3.8) is 0 Å². The van der Waals surface area contributed by atoms with Crippen LogP contribution in [0, 0.1) is 27.7 Å². The van der Waals surface area contributed by atoms with Crippen molar-refractivity contribution in [2.45, 2.75) is 34.2 Å². The van der Waals surface area contributed by atoms with E-state index in [9.17, 15) is 4.79 Å². The van der Waals surface area contributed by atoms with Gasteiger partial charge in [-0.3, -0.25) is 4.79 Å². The molecule has 0 unspecified atom stereocenters. The number of hydrogen-bond acceptors (Lipinski definition) is 4. The van der Waals surface area contributed by atoms with E-state index in [1.54, 1.807) is 4.68 Å². The fourth-order valence-corrected chi connectivity index (χ4v) is 2.87. The Hall–Kier alpha value is -3.15. The molecule has 3 rings (SSSR count). The van der Waals surface area contributed by atoms with Crippen molar-refractivity contribution in [2.24, 2.45) is 0 Å². The predicted molar refractivity (Wildman–Crippen MR) is 103 cm³/mol. The lowest BCUT2D eigenvalue weighted by atomic mass is 10.1. The van der Waals surface area contributed by atoms with E-state index in [0.29, 0.717) is 6.54 Å². The highest BCUT2D eigenvalue weighted by molar-refractivity contribution is 6.06. The number of carbonyl (C=O) groups is 1. The van der Waals surface area contributed by atoms with Crippen LogP contribution in [0.15, 0.2) is 36.4 Å². The van der Waals surface area contributed by atoms with Crippen molar-refractivity contribution in [3.05, 3.63) is 69.9 Å². The Morgan fingerprint density at radius 3 is 2.46 bits per heavy atom. The van der Waals surface area contributed by atoms with Gasteiger partial charge in [-0.1, -0.05) is 46.7 Å². The number of nitrogens with zero attached hydrogens (tertiary/aromatic N) is 3. The zero-order chi connectivity index (χ0) is 18.8. The Morgan fingerprint density at radius 1 is 1.04 bits per heavy atom. The summed E-state index contributed by atoms with van der Waals surface area (Å²) in [6.07, 6.45) is 0. The van der Waals surface area contributed by atoms with Gasteiger partial charge in [-0.25, -0.2) is 4.68 Å². The van der Waals surface area contributed by atoms with Crippen LogP contribution in [0.5, 0.6) is 0 Å². The molecule has 0 atom stereocenters. The number of nitrogen functional groups attached to an aromatic ring is 1. The summed E-state index contributed by atoms with van der Waals surface area (Å²) in [4.78, 5) is 12.6. The van der Waals surface area contributed by atoms with E-state index in [0.717, 1.165) is 33.5 Å². The van der Waals surface area contributed by atoms with E-state index >= 15 is 0 Å². The van der Waals surface area contributed by atoms with Gasteiger partial charge in [-0.15, -0.1) is 5.10 Å². The van der Waals surface area contributed by atoms with Gasteiger partial charge < -0.3 is 11.1 Å². The molecule has 0 radical (unpaired) electrons. The minimum absolute atomic E-state index is 0.135. The molecule has 0 aliphatic heterocycles. The van der Waals surface area contributed by atoms with Crippen LogP contribution in [0.3, 0.4) is 0 Å². The van der Waals surface area contributed by atoms with Gasteiger partial charge in [0.15, 0.2) is 11.5 Å². The highest BCUT2D eigenvalue weighted by atomic mass is 16.2. The van der Waals surface area contributed by atoms with Crippen LogP contribution >= 0.6 is 0 Å². The Morgan fingerprint density at radius 2 is 1.73 bits per heavy atom. The Labute approximate surface area is 153 Å². The number of nitrogens with two attached hydrogens (primary N) is 1. The molecule has 1 heterocycles. The number of amides is 1. The zero-order valence-corrected chi connectivity index (χ0v) is 15.5. The molecule has 0 aliphatic carbocycles. The first kappa shape index (κ1) is 17.7. The summed E-state index contributed by atoms with van der Waals surface area (Å²) < 4.78 is 1.55. The summed E-state index contributed by atoms with van der Waals surface area (Å²) in [5, 5.41) is 10.9. The topological polar surface area (TPSA) is 85.8 Å². The molecule has 0 bridgehead atoms. The van der Waals surface area contributed by atoms with Crippen LogP contribution in [0.2, 0.25) is 0 Å². The molecule has 2 aromatic carbocycles. The highest BCUT2D eigenvalue weighted by Crippen LogP contribution is 2.19. The average Bonchev–Trinajstić information content (AvgIpc) is 2.94. The maximum atomic E-state index is 12.6. The number of nitrogens with one attached hydrogen (secondary N) is 1. The molecule has 1 amide bonds. The third kappa shape index (κ3) is 3.59. The minimum atomic E-state index is -0.360. The molecule has 26 heavy (non-hydrogen) atoms. The molecule has 0 saturated heterocycles. The molecule has 134 valence electrons. The zero-order valence-electron chi connectivity index (χ0n) is 15.5. The van der Waals surface area contributed by atoms with Crippen LogP contribution in [0.4, 0.5) is 11.5 Å². The second-order valence-electron chi connectivity index (χ2n) is 6.68. The first-order chi connectivity index (χ1) is 12.3. The largest absolute Gasteiger partial charge is 0.382 e. The molecule has 1 aromatic heterocycles. The predicted octanol–water partition coefficient (Wildman–Crippen LogP) is 3.39. The van der Waals surface area contributed by atoms with Crippen LogP contribution in [0.25, 0.3) is 0 Å². The smallest absolute Gasteiger partial charge is 0.280 e. The maximum Gasteiger partial charge on any atom is 0.280 e. The molecule has 0 saturated carbocycles. The number of benzene rings is 2. The fraction of sp³-hybridized carbons (Fsp3) is 0.250. The second kappa shape index (κ2) is 7.00. The summed E-state index contributed by atoms with van der Waals surface area (Å²) >= 11 is 0. The monoisotopic (exact) mass is 349 g/mol. The number of aryl methyl sites for hydroxylation is 4. The summed E-state index contributed by atoms with van der Waals surface area (Å²) in [6.45, 7) is 8.51. The van der Waals surface area contributed by atoms with Gasteiger partial charge in [0.05, 0.1) is 6.54 Å². The van der Waals surface area contributed by atoms with Gasteiger partial charge >= 0.3 is 0 Å². The van der Waals surface area contributed by atoms with E-state index in [4.69, 9.17) is 5.73 Å². The van der Waals surface area contributed by atoms with Crippen LogP contribution < -0.4 is 11.1 Å². The summed E-state index contributed by atoms with van der Waals surface area (Å²) in [6, 6.07) is 12.0. The van der Waals surface area contributed by atoms with E-state index < -0.39 is 0 Å². The molecular formula is C20H23N5O. The molecule has 6 heteroatoms. The van der Waals surface area contributed by atoms with Crippen LogP contribution in [-0.4, -0.2) is 20.9 Å². The lowest BCUT2D eigenvalue weighted by Crippen LogP contribution is -2.16. The Balaban J connectivity index is 1.82. The fourth-order valence-electron chi connectivity index (χ4n) is 2.87. The molecular weight excluding hydrogens is 326 g/mol. The highest BCUT2D eigenvalue weighted by Gasteiger charge is 2.18. The molecule has 6 nitrogen and oxygen atoms in total. The van der Waals surface area contributed by atoms with Gasteiger partial charge in [0.2, 0.25) is 0 Å². The van der Waals surface area contributed by atoms with Crippen molar-refractivity contribution < 1.29 is 4.79 Å². The van der Waals surface area contributed by atoms with Crippen molar-refractivity contribution >= 4 is 17.4 Å². The molecule has 0 fully saturated rings. The maximum absolute atomic E-state index is 12.6. The summed E-state index contributed by atoms with van der Waals surface area (Å²) in [5.41, 5.74) is 12.5.